The Balaban J connectivity index is 1.33. The van der Waals surface area contributed by atoms with Gasteiger partial charge in [0.15, 0.2) is 5.78 Å². The fourth-order valence-electron chi connectivity index (χ4n) is 10.2. The lowest BCUT2D eigenvalue weighted by atomic mass is 9.50. The van der Waals surface area contributed by atoms with E-state index in [1.165, 1.54) is 44.9 Å². The van der Waals surface area contributed by atoms with Crippen molar-refractivity contribution in [2.45, 2.75) is 110 Å². The fraction of sp³-hybridized carbons (Fsp3) is 0.848. The molecule has 1 heterocycles. The van der Waals surface area contributed by atoms with Gasteiger partial charge in [0.05, 0.1) is 12.6 Å². The van der Waals surface area contributed by atoms with E-state index in [0.717, 1.165) is 44.2 Å². The number of fused-ring (bicyclic) bond motifs is 4. The van der Waals surface area contributed by atoms with Gasteiger partial charge in [-0.3, -0.25) is 14.6 Å². The molecule has 5 rings (SSSR count). The third-order valence-electron chi connectivity index (χ3n) is 12.5. The summed E-state index contributed by atoms with van der Waals surface area (Å²) in [4.78, 5) is 18.1. The summed E-state index contributed by atoms with van der Waals surface area (Å²) in [5.41, 5.74) is 5.70. The van der Waals surface area contributed by atoms with Crippen molar-refractivity contribution in [1.82, 2.24) is 9.80 Å². The van der Waals surface area contributed by atoms with Crippen LogP contribution < -0.4 is 0 Å². The Hall–Kier alpha value is -0.970. The molecule has 0 spiro atoms. The second-order valence-corrected chi connectivity index (χ2v) is 14.6. The predicted molar refractivity (Wildman–Crippen MR) is 152 cm³/mol. The van der Waals surface area contributed by atoms with Crippen LogP contribution in [0.25, 0.3) is 0 Å². The van der Waals surface area contributed by atoms with Gasteiger partial charge in [-0.05, 0) is 121 Å². The molecule has 1 aliphatic heterocycles. The summed E-state index contributed by atoms with van der Waals surface area (Å²) in [6.45, 7) is 14.4. The molecular formula is C33H54N2O2. The normalized spacial score (nSPS) is 41.8. The van der Waals surface area contributed by atoms with Crippen LogP contribution in [0, 0.1) is 34.5 Å². The summed E-state index contributed by atoms with van der Waals surface area (Å²) in [7, 11) is 4.17. The summed E-state index contributed by atoms with van der Waals surface area (Å²) < 4.78 is 0. The zero-order chi connectivity index (χ0) is 26.8. The van der Waals surface area contributed by atoms with Crippen LogP contribution in [0.5, 0.6) is 0 Å². The van der Waals surface area contributed by atoms with E-state index in [2.05, 4.69) is 64.6 Å². The van der Waals surface area contributed by atoms with Gasteiger partial charge in [-0.2, -0.15) is 0 Å². The molecule has 5 aliphatic rings. The number of rotatable bonds is 6. The molecule has 0 radical (unpaired) electrons. The predicted octanol–water partition coefficient (Wildman–Crippen LogP) is 6.25. The minimum atomic E-state index is 0.0756. The standard InChI is InChI=1S/C33H54N2O2/c1-22(8-9-23-16-19-35(20-21-36)31(23,2)3)25-12-13-26-24-10-11-28-30(37)29(34(6)7)15-18-33(28,5)27(24)14-17-32(25,26)4/h9,22,25-26,28-29,36H,8,10-21H2,1-7H3/b23-9+/t22-,25-,26+,28?,29?,32-,33-/m1/s1. The molecule has 37 heavy (non-hydrogen) atoms. The molecule has 4 nitrogen and oxygen atoms in total. The number of aliphatic hydroxyl groups excluding tert-OH is 1. The number of aliphatic hydroxyl groups is 1. The maximum absolute atomic E-state index is 13.5. The first-order valence-electron chi connectivity index (χ1n) is 15.4. The van der Waals surface area contributed by atoms with Crippen LogP contribution in [-0.2, 0) is 4.79 Å². The number of likely N-dealkylation sites (tertiary alicyclic amines) is 1. The van der Waals surface area contributed by atoms with Gasteiger partial charge < -0.3 is 5.11 Å². The second kappa shape index (κ2) is 9.89. The van der Waals surface area contributed by atoms with Gasteiger partial charge in [0.25, 0.3) is 0 Å². The highest BCUT2D eigenvalue weighted by atomic mass is 16.3. The van der Waals surface area contributed by atoms with Crippen molar-refractivity contribution in [1.29, 1.82) is 0 Å². The fourth-order valence-corrected chi connectivity index (χ4v) is 10.2. The van der Waals surface area contributed by atoms with Crippen LogP contribution >= 0.6 is 0 Å². The molecule has 3 fully saturated rings. The summed E-state index contributed by atoms with van der Waals surface area (Å²) in [6, 6.07) is 0.125. The number of nitrogens with zero attached hydrogens (tertiary/aromatic N) is 2. The Labute approximate surface area is 226 Å². The number of ketones is 1. The summed E-state index contributed by atoms with van der Waals surface area (Å²) in [5, 5.41) is 9.47. The van der Waals surface area contributed by atoms with Crippen molar-refractivity contribution in [3.05, 3.63) is 22.8 Å². The number of β-amino-alcohol motifs (C(OH)–C–C–N with tert-alkyl or cyclic N) is 1. The molecule has 0 aromatic carbocycles. The van der Waals surface area contributed by atoms with Crippen molar-refractivity contribution >= 4 is 5.78 Å². The third kappa shape index (κ3) is 4.32. The lowest BCUT2D eigenvalue weighted by Gasteiger charge is -2.55. The van der Waals surface area contributed by atoms with Crippen LogP contribution in [-0.4, -0.2) is 66.1 Å². The number of hydrogen-bond acceptors (Lipinski definition) is 4. The minimum Gasteiger partial charge on any atom is -0.395 e. The van der Waals surface area contributed by atoms with Gasteiger partial charge >= 0.3 is 0 Å². The molecule has 2 saturated carbocycles. The number of likely N-dealkylation sites (N-methyl/N-ethyl adjacent to an activating group) is 1. The monoisotopic (exact) mass is 510 g/mol. The van der Waals surface area contributed by atoms with Crippen molar-refractivity contribution in [2.75, 3.05) is 33.8 Å². The van der Waals surface area contributed by atoms with E-state index in [0.29, 0.717) is 17.1 Å². The summed E-state index contributed by atoms with van der Waals surface area (Å²) in [5.74, 6) is 2.99. The first-order chi connectivity index (χ1) is 17.4. The highest BCUT2D eigenvalue weighted by molar-refractivity contribution is 5.88. The van der Waals surface area contributed by atoms with Crippen LogP contribution in [0.15, 0.2) is 22.8 Å². The maximum Gasteiger partial charge on any atom is 0.153 e. The van der Waals surface area contributed by atoms with Gasteiger partial charge in [0.1, 0.15) is 0 Å². The number of allylic oxidation sites excluding steroid dienone is 3. The SMILES string of the molecule is C[C@H](C/C=C1\CCN(CCO)C1(C)C)[C@H]1CC[C@H]2C3=C(CC[C@]12C)[C@@]1(C)CCC(N(C)C)C(=O)C1CC3. The highest BCUT2D eigenvalue weighted by Gasteiger charge is 2.57. The number of Topliss-reactive ketones (excluding diaryl/α,β-unsaturated/α-hetero) is 1. The van der Waals surface area contributed by atoms with Gasteiger partial charge in [-0.15, -0.1) is 0 Å². The molecule has 1 saturated heterocycles. The Morgan fingerprint density at radius 2 is 1.78 bits per heavy atom. The van der Waals surface area contributed by atoms with Crippen molar-refractivity contribution in [2.24, 2.45) is 34.5 Å². The summed E-state index contributed by atoms with van der Waals surface area (Å²) in [6.07, 6.45) is 14.6. The molecule has 0 amide bonds. The van der Waals surface area contributed by atoms with Crippen molar-refractivity contribution in [3.63, 3.8) is 0 Å². The maximum atomic E-state index is 13.5. The molecule has 4 aliphatic carbocycles. The molecule has 7 atom stereocenters. The van der Waals surface area contributed by atoms with E-state index in [9.17, 15) is 9.90 Å². The quantitative estimate of drug-likeness (QED) is 0.429. The zero-order valence-corrected chi connectivity index (χ0v) is 24.9. The van der Waals surface area contributed by atoms with E-state index in [-0.39, 0.29) is 29.5 Å². The van der Waals surface area contributed by atoms with Gasteiger partial charge in [-0.25, -0.2) is 0 Å². The third-order valence-corrected chi connectivity index (χ3v) is 12.5. The van der Waals surface area contributed by atoms with Crippen LogP contribution in [0.3, 0.4) is 0 Å². The van der Waals surface area contributed by atoms with E-state index in [4.69, 9.17) is 0 Å². The molecule has 0 aromatic heterocycles. The Morgan fingerprint density at radius 1 is 1.03 bits per heavy atom. The molecule has 2 unspecified atom stereocenters. The average Bonchev–Trinajstić information content (AvgIpc) is 3.33. The van der Waals surface area contributed by atoms with Crippen LogP contribution in [0.1, 0.15) is 98.8 Å². The van der Waals surface area contributed by atoms with Gasteiger partial charge in [0.2, 0.25) is 0 Å². The largest absolute Gasteiger partial charge is 0.395 e. The van der Waals surface area contributed by atoms with Crippen LogP contribution in [0.2, 0.25) is 0 Å². The zero-order valence-electron chi connectivity index (χ0n) is 24.9. The molecule has 0 aromatic rings. The molecular weight excluding hydrogens is 456 g/mol. The first-order valence-corrected chi connectivity index (χ1v) is 15.4. The smallest absolute Gasteiger partial charge is 0.153 e. The van der Waals surface area contributed by atoms with E-state index >= 15 is 0 Å². The van der Waals surface area contributed by atoms with Crippen molar-refractivity contribution < 1.29 is 9.90 Å². The first kappa shape index (κ1) is 27.6. The van der Waals surface area contributed by atoms with E-state index in [1.807, 2.05) is 0 Å². The lowest BCUT2D eigenvalue weighted by Crippen LogP contribution is -2.53. The topological polar surface area (TPSA) is 43.8 Å². The number of carbonyl (C=O) groups is 1. The molecule has 4 heteroatoms. The second-order valence-electron chi connectivity index (χ2n) is 14.6. The molecule has 208 valence electrons. The lowest BCUT2D eigenvalue weighted by molar-refractivity contribution is -0.135. The van der Waals surface area contributed by atoms with E-state index in [1.54, 1.807) is 16.7 Å². The summed E-state index contributed by atoms with van der Waals surface area (Å²) >= 11 is 0. The van der Waals surface area contributed by atoms with Gasteiger partial charge in [-0.1, -0.05) is 43.6 Å². The van der Waals surface area contributed by atoms with Crippen molar-refractivity contribution in [3.8, 4) is 0 Å². The van der Waals surface area contributed by atoms with E-state index < -0.39 is 0 Å². The Bertz CT molecular complexity index is 963. The number of carbonyl (C=O) groups excluding carboxylic acids is 1. The minimum absolute atomic E-state index is 0.0756. The van der Waals surface area contributed by atoms with Crippen LogP contribution in [0.4, 0.5) is 0 Å². The Morgan fingerprint density at radius 3 is 2.49 bits per heavy atom. The molecule has 1 N–H and O–H groups in total. The Kier molecular flexibility index (Phi) is 7.38. The molecule has 0 bridgehead atoms. The average molecular weight is 511 g/mol. The highest BCUT2D eigenvalue weighted by Crippen LogP contribution is 2.65. The van der Waals surface area contributed by atoms with Gasteiger partial charge in [0, 0.05) is 24.5 Å². The number of hydrogen-bond donors (Lipinski definition) is 1.